The molecule has 0 aromatic rings. The van der Waals surface area contributed by atoms with Gasteiger partial charge in [-0.2, -0.15) is 0 Å². The minimum absolute atomic E-state index is 0.700. The molecule has 0 radical (unpaired) electrons. The minimum atomic E-state index is 0.700. The largest absolute Gasteiger partial charge is 0.349 e. The van der Waals surface area contributed by atoms with Gasteiger partial charge in [0.25, 0.3) is 0 Å². The monoisotopic (exact) mass is 292 g/mol. The van der Waals surface area contributed by atoms with Crippen LogP contribution in [0.5, 0.6) is 0 Å². The summed E-state index contributed by atoms with van der Waals surface area (Å²) in [4.78, 5) is 8.16. The number of fused-ring (bicyclic) bond motifs is 3. The molecule has 0 aromatic carbocycles. The van der Waals surface area contributed by atoms with Crippen LogP contribution >= 0.6 is 23.5 Å². The molecule has 3 atom stereocenters. The van der Waals surface area contributed by atoms with Crippen LogP contribution in [0.3, 0.4) is 0 Å². The van der Waals surface area contributed by atoms with Crippen molar-refractivity contribution in [2.24, 2.45) is 5.92 Å². The van der Waals surface area contributed by atoms with Crippen molar-refractivity contribution < 1.29 is 0 Å². The molecule has 0 saturated carbocycles. The van der Waals surface area contributed by atoms with E-state index in [9.17, 15) is 0 Å². The van der Waals surface area contributed by atoms with Gasteiger partial charge in [-0.1, -0.05) is 0 Å². The third-order valence-electron chi connectivity index (χ3n) is 4.72. The fourth-order valence-corrected chi connectivity index (χ4v) is 5.79. The van der Waals surface area contributed by atoms with Gasteiger partial charge < -0.3 is 9.80 Å². The molecule has 0 aliphatic carbocycles. The number of nitrogens with zero attached hydrogens (tertiary/aromatic N) is 2. The first-order valence-electron chi connectivity index (χ1n) is 7.13. The van der Waals surface area contributed by atoms with E-state index in [0.717, 1.165) is 5.92 Å². The molecule has 4 heteroatoms. The zero-order chi connectivity index (χ0) is 12.8. The van der Waals surface area contributed by atoms with E-state index in [1.165, 1.54) is 48.7 Å². The van der Waals surface area contributed by atoms with Gasteiger partial charge in [0.15, 0.2) is 0 Å². The fourth-order valence-electron chi connectivity index (χ4n) is 3.70. The maximum atomic E-state index is 2.64. The molecule has 0 N–H and O–H groups in total. The lowest BCUT2D eigenvalue weighted by atomic mass is 9.95. The van der Waals surface area contributed by atoms with Crippen LogP contribution in [-0.2, 0) is 0 Å². The standard InChI is InChI=1S/C15H20N2S2/c1-18-15-10-19-14-9-17(5-3-13(14)15)12-6-11-2-4-16(7-11)8-12/h3,5,9,11-12H,2,4,6-8,10H2,1H3/t11-,12-/m1/s1. The molecule has 2 bridgehead atoms. The lowest BCUT2D eigenvalue weighted by molar-refractivity contribution is 0.173. The molecule has 19 heavy (non-hydrogen) atoms. The third kappa shape index (κ3) is 2.18. The second kappa shape index (κ2) is 4.90. The fraction of sp³-hybridized carbons (Fsp3) is 0.600. The third-order valence-corrected chi connectivity index (χ3v) is 6.83. The van der Waals surface area contributed by atoms with Gasteiger partial charge in [-0.3, -0.25) is 0 Å². The smallest absolute Gasteiger partial charge is 0.0461 e. The van der Waals surface area contributed by atoms with E-state index < -0.39 is 0 Å². The topological polar surface area (TPSA) is 6.48 Å². The molecule has 4 aliphatic heterocycles. The average Bonchev–Trinajstić information content (AvgIpc) is 3.01. The van der Waals surface area contributed by atoms with Crippen LogP contribution < -0.4 is 0 Å². The van der Waals surface area contributed by atoms with Crippen LogP contribution in [0.15, 0.2) is 33.9 Å². The Kier molecular flexibility index (Phi) is 3.20. The quantitative estimate of drug-likeness (QED) is 0.771. The highest BCUT2D eigenvalue weighted by atomic mass is 32.2. The Morgan fingerprint density at radius 1 is 1.37 bits per heavy atom. The lowest BCUT2D eigenvalue weighted by Gasteiger charge is -2.37. The molecule has 2 saturated heterocycles. The van der Waals surface area contributed by atoms with Crippen molar-refractivity contribution in [2.45, 2.75) is 18.9 Å². The maximum absolute atomic E-state index is 2.64. The van der Waals surface area contributed by atoms with Crippen molar-refractivity contribution in [2.75, 3.05) is 31.6 Å². The minimum Gasteiger partial charge on any atom is -0.349 e. The van der Waals surface area contributed by atoms with Gasteiger partial charge in [0.2, 0.25) is 0 Å². The molecule has 0 amide bonds. The normalized spacial score (nSPS) is 36.8. The second-order valence-electron chi connectivity index (χ2n) is 5.89. The van der Waals surface area contributed by atoms with E-state index in [2.05, 4.69) is 34.5 Å². The molecule has 102 valence electrons. The maximum Gasteiger partial charge on any atom is 0.0461 e. The summed E-state index contributed by atoms with van der Waals surface area (Å²) >= 11 is 3.91. The molecular formula is C15H20N2S2. The number of allylic oxidation sites excluding steroid dienone is 2. The van der Waals surface area contributed by atoms with Gasteiger partial charge in [0, 0.05) is 52.7 Å². The van der Waals surface area contributed by atoms with Gasteiger partial charge in [0.1, 0.15) is 0 Å². The van der Waals surface area contributed by atoms with Crippen LogP contribution in [0.4, 0.5) is 0 Å². The van der Waals surface area contributed by atoms with Crippen molar-refractivity contribution in [1.82, 2.24) is 9.80 Å². The molecule has 4 rings (SSSR count). The highest BCUT2D eigenvalue weighted by molar-refractivity contribution is 8.08. The van der Waals surface area contributed by atoms with E-state index in [0.29, 0.717) is 6.04 Å². The summed E-state index contributed by atoms with van der Waals surface area (Å²) in [6, 6.07) is 0.700. The summed E-state index contributed by atoms with van der Waals surface area (Å²) in [6.45, 7) is 3.93. The van der Waals surface area contributed by atoms with E-state index in [4.69, 9.17) is 0 Å². The molecule has 4 aliphatic rings. The Morgan fingerprint density at radius 2 is 2.32 bits per heavy atom. The summed E-state index contributed by atoms with van der Waals surface area (Å²) in [5.41, 5.74) is 1.48. The number of piperidine rings is 1. The Labute approximate surface area is 124 Å². The highest BCUT2D eigenvalue weighted by Crippen LogP contribution is 2.43. The van der Waals surface area contributed by atoms with Crippen molar-refractivity contribution in [3.63, 3.8) is 0 Å². The SMILES string of the molecule is CSC1=C2C=CN([C@@H]3C[C@H]4CCN(C4)C3)C=C2SC1. The van der Waals surface area contributed by atoms with Crippen molar-refractivity contribution in [3.05, 3.63) is 33.9 Å². The zero-order valence-corrected chi connectivity index (χ0v) is 13.0. The Balaban J connectivity index is 1.54. The number of rotatable bonds is 2. The summed E-state index contributed by atoms with van der Waals surface area (Å²) in [5.74, 6) is 2.11. The van der Waals surface area contributed by atoms with Gasteiger partial charge in [0.05, 0.1) is 0 Å². The van der Waals surface area contributed by atoms with Crippen LogP contribution in [0.2, 0.25) is 0 Å². The first-order valence-corrected chi connectivity index (χ1v) is 9.34. The first kappa shape index (κ1) is 12.4. The summed E-state index contributed by atoms with van der Waals surface area (Å²) in [6.07, 6.45) is 12.0. The molecule has 1 unspecified atom stereocenters. The molecule has 0 aromatic heterocycles. The van der Waals surface area contributed by atoms with Crippen LogP contribution in [0, 0.1) is 5.92 Å². The summed E-state index contributed by atoms with van der Waals surface area (Å²) in [5, 5.41) is 0. The lowest BCUT2D eigenvalue weighted by Crippen LogP contribution is -2.43. The molecule has 2 fully saturated rings. The predicted octanol–water partition coefficient (Wildman–Crippen LogP) is 3.12. The molecule has 4 heterocycles. The van der Waals surface area contributed by atoms with Gasteiger partial charge in [-0.15, -0.1) is 23.5 Å². The summed E-state index contributed by atoms with van der Waals surface area (Å²) in [7, 11) is 0. The molecule has 0 spiro atoms. The van der Waals surface area contributed by atoms with Gasteiger partial charge >= 0.3 is 0 Å². The van der Waals surface area contributed by atoms with Crippen molar-refractivity contribution in [3.8, 4) is 0 Å². The van der Waals surface area contributed by atoms with Gasteiger partial charge in [-0.05, 0) is 37.6 Å². The van der Waals surface area contributed by atoms with Crippen LogP contribution in [0.1, 0.15) is 12.8 Å². The van der Waals surface area contributed by atoms with E-state index in [-0.39, 0.29) is 0 Å². The van der Waals surface area contributed by atoms with E-state index in [1.807, 2.05) is 23.5 Å². The second-order valence-corrected chi connectivity index (χ2v) is 7.81. The summed E-state index contributed by atoms with van der Waals surface area (Å²) < 4.78 is 0. The van der Waals surface area contributed by atoms with Crippen molar-refractivity contribution >= 4 is 23.5 Å². The van der Waals surface area contributed by atoms with Crippen LogP contribution in [-0.4, -0.2) is 47.5 Å². The van der Waals surface area contributed by atoms with Gasteiger partial charge in [-0.25, -0.2) is 0 Å². The van der Waals surface area contributed by atoms with E-state index >= 15 is 0 Å². The van der Waals surface area contributed by atoms with Crippen molar-refractivity contribution in [1.29, 1.82) is 0 Å². The first-order chi connectivity index (χ1) is 9.33. The average molecular weight is 292 g/mol. The number of hydrogen-bond donors (Lipinski definition) is 0. The number of hydrogen-bond acceptors (Lipinski definition) is 4. The Bertz CT molecular complexity index is 469. The zero-order valence-electron chi connectivity index (χ0n) is 11.3. The molecule has 2 nitrogen and oxygen atoms in total. The predicted molar refractivity (Wildman–Crippen MR) is 85.0 cm³/mol. The van der Waals surface area contributed by atoms with E-state index in [1.54, 1.807) is 4.91 Å². The highest BCUT2D eigenvalue weighted by Gasteiger charge is 2.35. The molecular weight excluding hydrogens is 272 g/mol. The van der Waals surface area contributed by atoms with Crippen LogP contribution in [0.25, 0.3) is 0 Å². The Morgan fingerprint density at radius 3 is 3.16 bits per heavy atom. The number of thioether (sulfide) groups is 2. The Hall–Kier alpha value is -0.320.